The summed E-state index contributed by atoms with van der Waals surface area (Å²) < 4.78 is 42.7. The molecule has 0 fully saturated rings. The van der Waals surface area contributed by atoms with Crippen molar-refractivity contribution >= 4 is 23.3 Å². The highest BCUT2D eigenvalue weighted by Gasteiger charge is 2.36. The summed E-state index contributed by atoms with van der Waals surface area (Å²) in [5.74, 6) is 0. The molecule has 4 nitrogen and oxygen atoms in total. The van der Waals surface area contributed by atoms with Crippen LogP contribution in [0.3, 0.4) is 0 Å². The van der Waals surface area contributed by atoms with Gasteiger partial charge in [0.25, 0.3) is 0 Å². The van der Waals surface area contributed by atoms with Crippen LogP contribution in [-0.2, 0) is 12.7 Å². The average molecular weight is 482 g/mol. The van der Waals surface area contributed by atoms with Gasteiger partial charge in [-0.1, -0.05) is 54.1 Å². The second-order valence-corrected chi connectivity index (χ2v) is 8.42. The van der Waals surface area contributed by atoms with E-state index in [0.29, 0.717) is 5.02 Å². The second-order valence-electron chi connectivity index (χ2n) is 7.99. The number of para-hydroxylation sites is 2. The molecule has 1 unspecified atom stereocenters. The van der Waals surface area contributed by atoms with Crippen LogP contribution in [-0.4, -0.2) is 15.5 Å². The van der Waals surface area contributed by atoms with Crippen molar-refractivity contribution < 1.29 is 18.0 Å². The molecule has 0 saturated heterocycles. The Bertz CT molecular complexity index is 1350. The molecule has 0 saturated carbocycles. The third kappa shape index (κ3) is 4.03. The Morgan fingerprint density at radius 1 is 0.912 bits per heavy atom. The lowest BCUT2D eigenvalue weighted by atomic mass is 10.0. The molecule has 0 aliphatic carbocycles. The number of hydrogen-bond acceptors (Lipinski definition) is 1. The Morgan fingerprint density at radius 2 is 1.62 bits per heavy atom. The van der Waals surface area contributed by atoms with Gasteiger partial charge in [0, 0.05) is 16.9 Å². The molecular weight excluding hydrogens is 463 g/mol. The van der Waals surface area contributed by atoms with Crippen molar-refractivity contribution in [2.45, 2.75) is 18.8 Å². The SMILES string of the molecule is O=C(Nc1ccccc1C(F)(F)F)N1Cc2ccccc2-n2cccc2C1c1ccc(Cl)cc1. The number of halogens is 4. The normalized spacial score (nSPS) is 15.3. The number of benzene rings is 3. The molecule has 0 radical (unpaired) electrons. The monoisotopic (exact) mass is 481 g/mol. The molecule has 8 heteroatoms. The highest BCUT2D eigenvalue weighted by Crippen LogP contribution is 2.39. The fourth-order valence-corrected chi connectivity index (χ4v) is 4.49. The van der Waals surface area contributed by atoms with Gasteiger partial charge in [0.2, 0.25) is 0 Å². The first-order valence-electron chi connectivity index (χ1n) is 10.6. The number of anilines is 1. The minimum Gasteiger partial charge on any atom is -0.318 e. The van der Waals surface area contributed by atoms with Crippen molar-refractivity contribution in [2.24, 2.45) is 0 Å². The number of nitrogens with one attached hydrogen (secondary N) is 1. The predicted molar refractivity (Wildman–Crippen MR) is 125 cm³/mol. The Hall–Kier alpha value is -3.71. The first kappa shape index (κ1) is 22.1. The molecule has 0 bridgehead atoms. The van der Waals surface area contributed by atoms with Crippen LogP contribution in [0.25, 0.3) is 5.69 Å². The number of urea groups is 1. The van der Waals surface area contributed by atoms with E-state index in [1.165, 1.54) is 18.2 Å². The summed E-state index contributed by atoms with van der Waals surface area (Å²) in [6.07, 6.45) is -2.68. The van der Waals surface area contributed by atoms with Gasteiger partial charge in [0.05, 0.1) is 29.5 Å². The summed E-state index contributed by atoms with van der Waals surface area (Å²) in [6.45, 7) is 0.200. The minimum absolute atomic E-state index is 0.200. The van der Waals surface area contributed by atoms with Crippen LogP contribution in [0.2, 0.25) is 5.02 Å². The number of alkyl halides is 3. The van der Waals surface area contributed by atoms with Crippen LogP contribution in [0.15, 0.2) is 91.1 Å². The maximum absolute atomic E-state index is 13.6. The van der Waals surface area contributed by atoms with Crippen molar-refractivity contribution in [3.63, 3.8) is 0 Å². The second kappa shape index (κ2) is 8.57. The number of nitrogens with zero attached hydrogens (tertiary/aromatic N) is 2. The summed E-state index contributed by atoms with van der Waals surface area (Å²) in [7, 11) is 0. The van der Waals surface area contributed by atoms with Gasteiger partial charge in [0.1, 0.15) is 0 Å². The van der Waals surface area contributed by atoms with E-state index in [0.717, 1.165) is 28.6 Å². The molecular formula is C26H19ClF3N3O. The molecule has 1 N–H and O–H groups in total. The zero-order chi connectivity index (χ0) is 23.9. The highest BCUT2D eigenvalue weighted by atomic mass is 35.5. The van der Waals surface area contributed by atoms with Gasteiger partial charge in [-0.3, -0.25) is 0 Å². The molecule has 34 heavy (non-hydrogen) atoms. The number of carbonyl (C=O) groups excluding carboxylic acids is 1. The van der Waals surface area contributed by atoms with Crippen molar-refractivity contribution in [2.75, 3.05) is 5.32 Å². The molecule has 0 spiro atoms. The Kier molecular flexibility index (Phi) is 5.57. The Morgan fingerprint density at radius 3 is 2.38 bits per heavy atom. The maximum Gasteiger partial charge on any atom is 0.418 e. The molecule has 1 aliphatic rings. The lowest BCUT2D eigenvalue weighted by Crippen LogP contribution is -2.38. The smallest absolute Gasteiger partial charge is 0.318 e. The van der Waals surface area contributed by atoms with Crippen molar-refractivity contribution in [3.8, 4) is 5.69 Å². The molecule has 172 valence electrons. The summed E-state index contributed by atoms with van der Waals surface area (Å²) in [5.41, 5.74) is 2.19. The van der Waals surface area contributed by atoms with Gasteiger partial charge in [-0.05, 0) is 53.6 Å². The van der Waals surface area contributed by atoms with Gasteiger partial charge in [0.15, 0.2) is 0 Å². The topological polar surface area (TPSA) is 37.3 Å². The van der Waals surface area contributed by atoms with Crippen LogP contribution < -0.4 is 5.32 Å². The van der Waals surface area contributed by atoms with Crippen LogP contribution in [0.5, 0.6) is 0 Å². The number of aromatic nitrogens is 1. The fourth-order valence-electron chi connectivity index (χ4n) is 4.36. The van der Waals surface area contributed by atoms with Crippen LogP contribution in [0.4, 0.5) is 23.7 Å². The third-order valence-corrected chi connectivity index (χ3v) is 6.14. The largest absolute Gasteiger partial charge is 0.418 e. The van der Waals surface area contributed by atoms with Gasteiger partial charge in [-0.2, -0.15) is 13.2 Å². The zero-order valence-corrected chi connectivity index (χ0v) is 18.5. The number of rotatable bonds is 2. The molecule has 3 aromatic carbocycles. The molecule has 2 amide bonds. The number of hydrogen-bond donors (Lipinski definition) is 1. The van der Waals surface area contributed by atoms with Gasteiger partial charge < -0.3 is 14.8 Å². The first-order valence-corrected chi connectivity index (χ1v) is 11.0. The van der Waals surface area contributed by atoms with Gasteiger partial charge in [-0.25, -0.2) is 4.79 Å². The number of amides is 2. The lowest BCUT2D eigenvalue weighted by Gasteiger charge is -2.31. The van der Waals surface area contributed by atoms with E-state index in [9.17, 15) is 18.0 Å². The summed E-state index contributed by atoms with van der Waals surface area (Å²) in [4.78, 5) is 15.2. The number of fused-ring (bicyclic) bond motifs is 3. The predicted octanol–water partition coefficient (Wildman–Crippen LogP) is 7.29. The molecule has 4 aromatic rings. The standard InChI is InChI=1S/C26H19ClF3N3O/c27-19-13-11-17(12-14-19)24-23-10-5-15-32(23)22-9-4-1-6-18(22)16-33(24)25(34)31-21-8-3-2-7-20(21)26(28,29)30/h1-15,24H,16H2,(H,31,34). The Balaban J connectivity index is 1.62. The first-order chi connectivity index (χ1) is 16.3. The van der Waals surface area contributed by atoms with E-state index >= 15 is 0 Å². The quantitative estimate of drug-likeness (QED) is 0.321. The van der Waals surface area contributed by atoms with Gasteiger partial charge >= 0.3 is 12.2 Å². The van der Waals surface area contributed by atoms with Gasteiger partial charge in [-0.15, -0.1) is 0 Å². The number of carbonyl (C=O) groups is 1. The van der Waals surface area contributed by atoms with Crippen molar-refractivity contribution in [1.82, 2.24) is 9.47 Å². The lowest BCUT2D eigenvalue weighted by molar-refractivity contribution is -0.136. The third-order valence-electron chi connectivity index (χ3n) is 5.88. The fraction of sp³-hybridized carbons (Fsp3) is 0.115. The van der Waals surface area contributed by atoms with Crippen molar-refractivity contribution in [1.29, 1.82) is 0 Å². The van der Waals surface area contributed by atoms with Crippen LogP contribution >= 0.6 is 11.6 Å². The zero-order valence-electron chi connectivity index (χ0n) is 17.8. The summed E-state index contributed by atoms with van der Waals surface area (Å²) in [6, 6.07) is 22.3. The molecule has 2 heterocycles. The summed E-state index contributed by atoms with van der Waals surface area (Å²) >= 11 is 6.10. The van der Waals surface area contributed by atoms with E-state index in [4.69, 9.17) is 11.6 Å². The average Bonchev–Trinajstić information content (AvgIpc) is 3.24. The summed E-state index contributed by atoms with van der Waals surface area (Å²) in [5, 5.41) is 3.06. The highest BCUT2D eigenvalue weighted by molar-refractivity contribution is 6.30. The minimum atomic E-state index is -4.60. The molecule has 1 atom stereocenters. The maximum atomic E-state index is 13.6. The van der Waals surface area contributed by atoms with E-state index in [1.54, 1.807) is 17.0 Å². The van der Waals surface area contributed by atoms with Crippen molar-refractivity contribution in [3.05, 3.63) is 119 Å². The Labute approximate surface area is 199 Å². The molecule has 1 aromatic heterocycles. The molecule has 1 aliphatic heterocycles. The van der Waals surface area contributed by atoms with E-state index < -0.39 is 23.8 Å². The molecule has 5 rings (SSSR count). The van der Waals surface area contributed by atoms with E-state index in [-0.39, 0.29) is 12.2 Å². The van der Waals surface area contributed by atoms with Crippen LogP contribution in [0.1, 0.15) is 28.4 Å². The van der Waals surface area contributed by atoms with E-state index in [2.05, 4.69) is 5.32 Å². The van der Waals surface area contributed by atoms with E-state index in [1.807, 2.05) is 59.3 Å². The van der Waals surface area contributed by atoms with Crippen LogP contribution in [0, 0.1) is 0 Å².